The summed E-state index contributed by atoms with van der Waals surface area (Å²) in [7, 11) is 3.51. The fraction of sp³-hybridized carbons (Fsp3) is 0.211. The SMILES string of the molecule is COc1ccc(CN(C)Cc2cn[nH]c2-c2ccc(F)cc2)cc1O. The number of methoxy groups -OCH3 is 1. The highest BCUT2D eigenvalue weighted by Crippen LogP contribution is 2.27. The lowest BCUT2D eigenvalue weighted by atomic mass is 10.1. The maximum atomic E-state index is 13.1. The number of ether oxygens (including phenoxy) is 1. The lowest BCUT2D eigenvalue weighted by molar-refractivity contribution is 0.318. The summed E-state index contributed by atoms with van der Waals surface area (Å²) in [6.07, 6.45) is 1.78. The van der Waals surface area contributed by atoms with Crippen molar-refractivity contribution in [3.05, 3.63) is 65.6 Å². The number of nitrogens with one attached hydrogen (secondary N) is 1. The molecule has 3 aromatic rings. The largest absolute Gasteiger partial charge is 0.504 e. The monoisotopic (exact) mass is 341 g/mol. The van der Waals surface area contributed by atoms with Crippen LogP contribution in [0.2, 0.25) is 0 Å². The van der Waals surface area contributed by atoms with Gasteiger partial charge in [0.05, 0.1) is 19.0 Å². The van der Waals surface area contributed by atoms with Gasteiger partial charge in [-0.1, -0.05) is 6.07 Å². The smallest absolute Gasteiger partial charge is 0.160 e. The molecule has 0 saturated carbocycles. The van der Waals surface area contributed by atoms with Gasteiger partial charge in [-0.25, -0.2) is 4.39 Å². The van der Waals surface area contributed by atoms with E-state index in [0.717, 1.165) is 22.4 Å². The van der Waals surface area contributed by atoms with Gasteiger partial charge in [-0.3, -0.25) is 10.00 Å². The highest BCUT2D eigenvalue weighted by molar-refractivity contribution is 5.62. The number of H-pyrrole nitrogens is 1. The summed E-state index contributed by atoms with van der Waals surface area (Å²) in [4.78, 5) is 2.11. The molecule has 0 aliphatic rings. The summed E-state index contributed by atoms with van der Waals surface area (Å²) in [5, 5.41) is 17.0. The fourth-order valence-corrected chi connectivity index (χ4v) is 2.79. The van der Waals surface area contributed by atoms with Gasteiger partial charge in [-0.05, 0) is 49.0 Å². The first-order valence-corrected chi connectivity index (χ1v) is 7.89. The molecule has 0 unspecified atom stereocenters. The zero-order valence-electron chi connectivity index (χ0n) is 14.2. The lowest BCUT2D eigenvalue weighted by Gasteiger charge is -2.17. The summed E-state index contributed by atoms with van der Waals surface area (Å²) in [6.45, 7) is 1.32. The number of hydrogen-bond donors (Lipinski definition) is 2. The molecule has 0 bridgehead atoms. The van der Waals surface area contributed by atoms with Crippen LogP contribution in [0.4, 0.5) is 4.39 Å². The summed E-state index contributed by atoms with van der Waals surface area (Å²) in [5.41, 5.74) is 3.77. The number of halogens is 1. The zero-order valence-corrected chi connectivity index (χ0v) is 14.2. The molecule has 1 heterocycles. The first-order chi connectivity index (χ1) is 12.1. The Morgan fingerprint density at radius 1 is 1.16 bits per heavy atom. The summed E-state index contributed by atoms with van der Waals surface area (Å²) < 4.78 is 18.2. The van der Waals surface area contributed by atoms with Gasteiger partial charge in [-0.15, -0.1) is 0 Å². The van der Waals surface area contributed by atoms with Gasteiger partial charge in [0.15, 0.2) is 11.5 Å². The molecule has 130 valence electrons. The molecular formula is C19H20FN3O2. The van der Waals surface area contributed by atoms with Gasteiger partial charge in [0.25, 0.3) is 0 Å². The molecule has 0 fully saturated rings. The van der Waals surface area contributed by atoms with Crippen molar-refractivity contribution in [2.24, 2.45) is 0 Å². The van der Waals surface area contributed by atoms with E-state index in [-0.39, 0.29) is 11.6 Å². The minimum absolute atomic E-state index is 0.128. The third kappa shape index (κ3) is 3.97. The summed E-state index contributed by atoms with van der Waals surface area (Å²) in [5.74, 6) is 0.324. The molecule has 0 saturated heterocycles. The number of aromatic hydroxyl groups is 1. The number of aromatic nitrogens is 2. The van der Waals surface area contributed by atoms with E-state index in [9.17, 15) is 9.50 Å². The Morgan fingerprint density at radius 2 is 1.92 bits per heavy atom. The Labute approximate surface area is 145 Å². The van der Waals surface area contributed by atoms with Crippen LogP contribution in [0.3, 0.4) is 0 Å². The van der Waals surface area contributed by atoms with E-state index >= 15 is 0 Å². The predicted molar refractivity (Wildman–Crippen MR) is 93.8 cm³/mol. The third-order valence-electron chi connectivity index (χ3n) is 3.99. The first kappa shape index (κ1) is 17.0. The first-order valence-electron chi connectivity index (χ1n) is 7.89. The normalized spacial score (nSPS) is 11.0. The number of hydrogen-bond acceptors (Lipinski definition) is 4. The molecule has 0 aliphatic heterocycles. The second-order valence-corrected chi connectivity index (χ2v) is 5.96. The van der Waals surface area contributed by atoms with E-state index in [1.807, 2.05) is 13.1 Å². The van der Waals surface area contributed by atoms with Crippen molar-refractivity contribution in [1.82, 2.24) is 15.1 Å². The molecule has 6 heteroatoms. The van der Waals surface area contributed by atoms with Crippen molar-refractivity contribution >= 4 is 0 Å². The van der Waals surface area contributed by atoms with Crippen LogP contribution in [-0.2, 0) is 13.1 Å². The molecule has 3 rings (SSSR count). The quantitative estimate of drug-likeness (QED) is 0.720. The van der Waals surface area contributed by atoms with Crippen LogP contribution in [-0.4, -0.2) is 34.4 Å². The fourth-order valence-electron chi connectivity index (χ4n) is 2.79. The molecule has 0 aliphatic carbocycles. The van der Waals surface area contributed by atoms with Gasteiger partial charge in [0.1, 0.15) is 5.82 Å². The molecule has 1 aromatic heterocycles. The second-order valence-electron chi connectivity index (χ2n) is 5.96. The van der Waals surface area contributed by atoms with Gasteiger partial charge in [-0.2, -0.15) is 5.10 Å². The van der Waals surface area contributed by atoms with Gasteiger partial charge in [0, 0.05) is 24.2 Å². The van der Waals surface area contributed by atoms with Crippen LogP contribution in [0, 0.1) is 5.82 Å². The molecule has 0 amide bonds. The minimum Gasteiger partial charge on any atom is -0.504 e. The Hall–Kier alpha value is -2.86. The van der Waals surface area contributed by atoms with Crippen molar-refractivity contribution in [1.29, 1.82) is 0 Å². The van der Waals surface area contributed by atoms with Crippen molar-refractivity contribution in [2.75, 3.05) is 14.2 Å². The molecule has 2 aromatic carbocycles. The standard InChI is InChI=1S/C19H20FN3O2/c1-23(11-13-3-8-18(25-2)17(24)9-13)12-15-10-21-22-19(15)14-4-6-16(20)7-5-14/h3-10,24H,11-12H2,1-2H3,(H,21,22). The molecule has 2 N–H and O–H groups in total. The number of phenols is 1. The Morgan fingerprint density at radius 3 is 2.60 bits per heavy atom. The highest BCUT2D eigenvalue weighted by Gasteiger charge is 2.11. The summed E-state index contributed by atoms with van der Waals surface area (Å²) >= 11 is 0. The van der Waals surface area contributed by atoms with E-state index in [1.54, 1.807) is 30.5 Å². The van der Waals surface area contributed by atoms with E-state index < -0.39 is 0 Å². The number of phenolic OH excluding ortho intramolecular Hbond substituents is 1. The van der Waals surface area contributed by atoms with Crippen molar-refractivity contribution < 1.29 is 14.2 Å². The minimum atomic E-state index is -0.263. The molecule has 25 heavy (non-hydrogen) atoms. The molecule has 0 spiro atoms. The summed E-state index contributed by atoms with van der Waals surface area (Å²) in [6, 6.07) is 11.7. The zero-order chi connectivity index (χ0) is 17.8. The van der Waals surface area contributed by atoms with Crippen LogP contribution in [0.5, 0.6) is 11.5 Å². The third-order valence-corrected chi connectivity index (χ3v) is 3.99. The van der Waals surface area contributed by atoms with E-state index in [2.05, 4.69) is 15.1 Å². The van der Waals surface area contributed by atoms with Gasteiger partial charge < -0.3 is 9.84 Å². The maximum Gasteiger partial charge on any atom is 0.160 e. The topological polar surface area (TPSA) is 61.4 Å². The number of benzene rings is 2. The van der Waals surface area contributed by atoms with E-state index in [0.29, 0.717) is 18.8 Å². The average Bonchev–Trinajstić information content (AvgIpc) is 3.03. The van der Waals surface area contributed by atoms with Crippen LogP contribution in [0.25, 0.3) is 11.3 Å². The van der Waals surface area contributed by atoms with Crippen molar-refractivity contribution in [2.45, 2.75) is 13.1 Å². The van der Waals surface area contributed by atoms with Crippen molar-refractivity contribution in [3.8, 4) is 22.8 Å². The Bertz CT molecular complexity index is 846. The Kier molecular flexibility index (Phi) is 5.00. The van der Waals surface area contributed by atoms with Crippen LogP contribution in [0.15, 0.2) is 48.7 Å². The number of nitrogens with zero attached hydrogens (tertiary/aromatic N) is 2. The van der Waals surface area contributed by atoms with Crippen molar-refractivity contribution in [3.63, 3.8) is 0 Å². The highest BCUT2D eigenvalue weighted by atomic mass is 19.1. The molecule has 5 nitrogen and oxygen atoms in total. The number of aromatic amines is 1. The van der Waals surface area contributed by atoms with Crippen LogP contribution in [0.1, 0.15) is 11.1 Å². The number of rotatable bonds is 6. The van der Waals surface area contributed by atoms with Gasteiger partial charge >= 0.3 is 0 Å². The predicted octanol–water partition coefficient (Wildman–Crippen LogP) is 3.56. The second kappa shape index (κ2) is 7.36. The van der Waals surface area contributed by atoms with Crippen LogP contribution >= 0.6 is 0 Å². The maximum absolute atomic E-state index is 13.1. The molecule has 0 atom stereocenters. The van der Waals surface area contributed by atoms with Crippen LogP contribution < -0.4 is 4.74 Å². The van der Waals surface area contributed by atoms with Gasteiger partial charge in [0.2, 0.25) is 0 Å². The average molecular weight is 341 g/mol. The van der Waals surface area contributed by atoms with E-state index in [4.69, 9.17) is 4.74 Å². The molecule has 0 radical (unpaired) electrons. The lowest BCUT2D eigenvalue weighted by Crippen LogP contribution is -2.17. The molecular weight excluding hydrogens is 321 g/mol. The van der Waals surface area contributed by atoms with E-state index in [1.165, 1.54) is 19.2 Å². The Balaban J connectivity index is 1.71.